The van der Waals surface area contributed by atoms with E-state index in [1.54, 1.807) is 23.1 Å². The molecule has 1 aromatic rings. The molecule has 110 valence electrons. The lowest BCUT2D eigenvalue weighted by Crippen LogP contribution is -2.50. The quantitative estimate of drug-likeness (QED) is 0.749. The molecule has 1 aromatic heterocycles. The van der Waals surface area contributed by atoms with E-state index in [2.05, 4.69) is 35.4 Å². The van der Waals surface area contributed by atoms with Crippen LogP contribution in [0.1, 0.15) is 11.4 Å². The van der Waals surface area contributed by atoms with Crippen molar-refractivity contribution >= 4 is 53.6 Å². The Morgan fingerprint density at radius 3 is 3.15 bits per heavy atom. The van der Waals surface area contributed by atoms with Crippen LogP contribution < -0.4 is 5.09 Å². The molecule has 0 radical (unpaired) electrons. The lowest BCUT2D eigenvalue weighted by Gasteiger charge is -2.44. The largest absolute Gasteiger partial charge is 0.394 e. The van der Waals surface area contributed by atoms with Crippen molar-refractivity contribution in [3.63, 3.8) is 0 Å². The van der Waals surface area contributed by atoms with Crippen LogP contribution in [0.5, 0.6) is 0 Å². The molecule has 3 rings (SSSR count). The topological polar surface area (TPSA) is 66.7 Å². The molecule has 2 N–H and O–H groups in total. The number of rotatable bonds is 2. The molecule has 2 aliphatic heterocycles. The van der Waals surface area contributed by atoms with Gasteiger partial charge < -0.3 is 14.9 Å². The standard InChI is InChI=1S/C11H15BrN3O2PS2/c12-8-4-19-9(13-8)11-5-17-7(2-16)1-6(11)3-20-10(14-11)15-18/h4,6-7,16H,1-3,5,18H2,(H,14,15)/t6-,7+,11-/m0/s1. The Morgan fingerprint density at radius 2 is 2.50 bits per heavy atom. The molecular weight excluding hydrogens is 381 g/mol. The summed E-state index contributed by atoms with van der Waals surface area (Å²) in [5.41, 5.74) is -0.424. The Balaban J connectivity index is 2.00. The van der Waals surface area contributed by atoms with E-state index in [9.17, 15) is 5.11 Å². The van der Waals surface area contributed by atoms with Crippen molar-refractivity contribution in [2.24, 2.45) is 10.9 Å². The maximum Gasteiger partial charge on any atom is 0.160 e. The zero-order valence-electron chi connectivity index (χ0n) is 10.6. The minimum Gasteiger partial charge on any atom is -0.394 e. The van der Waals surface area contributed by atoms with Crippen molar-refractivity contribution in [1.29, 1.82) is 0 Å². The van der Waals surface area contributed by atoms with Crippen LogP contribution in [0.2, 0.25) is 0 Å². The van der Waals surface area contributed by atoms with Gasteiger partial charge in [0.1, 0.15) is 15.1 Å². The van der Waals surface area contributed by atoms with Crippen molar-refractivity contribution in [2.45, 2.75) is 18.1 Å². The van der Waals surface area contributed by atoms with Gasteiger partial charge in [0.25, 0.3) is 0 Å². The SMILES string of the molecule is OC[C@H]1C[C@H]2CSC(NP)=N[C@@]2(c2nc(Br)cs2)CO1. The number of fused-ring (bicyclic) bond motifs is 1. The zero-order chi connectivity index (χ0) is 14.2. The third-order valence-electron chi connectivity index (χ3n) is 3.66. The van der Waals surface area contributed by atoms with Gasteiger partial charge in [-0.1, -0.05) is 11.8 Å². The molecule has 0 saturated carbocycles. The van der Waals surface area contributed by atoms with Crippen molar-refractivity contribution in [1.82, 2.24) is 10.1 Å². The average molecular weight is 396 g/mol. The predicted molar refractivity (Wildman–Crippen MR) is 89.2 cm³/mol. The van der Waals surface area contributed by atoms with Crippen LogP contribution in [0.25, 0.3) is 0 Å². The molecule has 5 nitrogen and oxygen atoms in total. The van der Waals surface area contributed by atoms with Crippen LogP contribution in [-0.4, -0.2) is 40.3 Å². The molecule has 0 spiro atoms. The van der Waals surface area contributed by atoms with Crippen LogP contribution in [0.4, 0.5) is 0 Å². The number of aromatic nitrogens is 1. The van der Waals surface area contributed by atoms with E-state index in [4.69, 9.17) is 9.73 Å². The number of amidine groups is 1. The van der Waals surface area contributed by atoms with Crippen LogP contribution in [0.15, 0.2) is 15.0 Å². The highest BCUT2D eigenvalue weighted by Gasteiger charge is 2.50. The van der Waals surface area contributed by atoms with E-state index < -0.39 is 5.54 Å². The van der Waals surface area contributed by atoms with Crippen LogP contribution in [-0.2, 0) is 10.3 Å². The van der Waals surface area contributed by atoms with Gasteiger partial charge in [-0.15, -0.1) is 11.3 Å². The number of hydrogen-bond donors (Lipinski definition) is 2. The van der Waals surface area contributed by atoms with Gasteiger partial charge in [-0.2, -0.15) is 0 Å². The molecule has 4 atom stereocenters. The van der Waals surface area contributed by atoms with E-state index in [0.717, 1.165) is 27.0 Å². The molecule has 2 aliphatic rings. The smallest absolute Gasteiger partial charge is 0.160 e. The highest BCUT2D eigenvalue weighted by molar-refractivity contribution is 9.10. The second kappa shape index (κ2) is 6.18. The maximum atomic E-state index is 9.33. The van der Waals surface area contributed by atoms with Crippen LogP contribution in [0.3, 0.4) is 0 Å². The second-order valence-corrected chi connectivity index (χ2v) is 7.79. The number of thioether (sulfide) groups is 1. The fourth-order valence-electron chi connectivity index (χ4n) is 2.60. The van der Waals surface area contributed by atoms with Crippen molar-refractivity contribution < 1.29 is 9.84 Å². The zero-order valence-corrected chi connectivity index (χ0v) is 15.0. The summed E-state index contributed by atoms with van der Waals surface area (Å²) < 4.78 is 6.64. The first-order valence-corrected chi connectivity index (χ1v) is 9.44. The Bertz CT molecular complexity index is 530. The van der Waals surface area contributed by atoms with Gasteiger partial charge in [0.2, 0.25) is 0 Å². The summed E-state index contributed by atoms with van der Waals surface area (Å²) >= 11 is 6.72. The summed E-state index contributed by atoms with van der Waals surface area (Å²) in [6.07, 6.45) is 0.728. The van der Waals surface area contributed by atoms with Gasteiger partial charge >= 0.3 is 0 Å². The molecule has 0 aliphatic carbocycles. The number of ether oxygens (including phenoxy) is 1. The Hall–Kier alpha value is 0.280. The number of halogens is 1. The van der Waals surface area contributed by atoms with Gasteiger partial charge in [-0.25, -0.2) is 9.98 Å². The Morgan fingerprint density at radius 1 is 1.65 bits per heavy atom. The summed E-state index contributed by atoms with van der Waals surface area (Å²) in [4.78, 5) is 9.45. The molecule has 1 fully saturated rings. The first-order valence-electron chi connectivity index (χ1n) is 6.21. The van der Waals surface area contributed by atoms with Gasteiger partial charge in [-0.3, -0.25) is 0 Å². The number of aliphatic imine (C=N–C) groups is 1. The Labute approximate surface area is 136 Å². The number of nitrogens with zero attached hydrogens (tertiary/aromatic N) is 2. The second-order valence-electron chi connectivity index (χ2n) is 4.82. The van der Waals surface area contributed by atoms with Crippen molar-refractivity contribution in [3.05, 3.63) is 15.0 Å². The van der Waals surface area contributed by atoms with Crippen molar-refractivity contribution in [2.75, 3.05) is 19.0 Å². The van der Waals surface area contributed by atoms with Gasteiger partial charge in [0, 0.05) is 17.1 Å². The number of hydrogen-bond acceptors (Lipinski definition) is 7. The summed E-state index contributed by atoms with van der Waals surface area (Å²) in [6.45, 7) is 0.538. The molecule has 9 heteroatoms. The first-order chi connectivity index (χ1) is 9.68. The molecule has 1 unspecified atom stereocenters. The fourth-order valence-corrected chi connectivity index (χ4v) is 5.46. The summed E-state index contributed by atoms with van der Waals surface area (Å²) in [6, 6.07) is 0. The fraction of sp³-hybridized carbons (Fsp3) is 0.636. The monoisotopic (exact) mass is 395 g/mol. The number of aliphatic hydroxyl groups excluding tert-OH is 1. The summed E-state index contributed by atoms with van der Waals surface area (Å²) in [5, 5.41) is 16.2. The minimum atomic E-state index is -0.424. The van der Waals surface area contributed by atoms with Gasteiger partial charge in [0.15, 0.2) is 5.17 Å². The van der Waals surface area contributed by atoms with E-state index >= 15 is 0 Å². The third-order valence-corrected chi connectivity index (χ3v) is 6.91. The van der Waals surface area contributed by atoms with Gasteiger partial charge in [-0.05, 0) is 31.7 Å². The molecule has 0 aromatic carbocycles. The molecule has 20 heavy (non-hydrogen) atoms. The van der Waals surface area contributed by atoms with E-state index in [1.807, 2.05) is 5.38 Å². The van der Waals surface area contributed by atoms with E-state index in [1.165, 1.54) is 0 Å². The lowest BCUT2D eigenvalue weighted by molar-refractivity contribution is -0.0763. The van der Waals surface area contributed by atoms with Crippen LogP contribution >= 0.6 is 48.4 Å². The normalized spacial score (nSPS) is 33.5. The van der Waals surface area contributed by atoms with E-state index in [0.29, 0.717) is 12.5 Å². The number of aliphatic hydroxyl groups is 1. The van der Waals surface area contributed by atoms with Gasteiger partial charge in [0.05, 0.1) is 19.3 Å². The first kappa shape index (κ1) is 15.2. The summed E-state index contributed by atoms with van der Waals surface area (Å²) in [5.74, 6) is 1.29. The number of thiazole rings is 1. The molecular formula is C11H15BrN3O2PS2. The third kappa shape index (κ3) is 2.66. The maximum absolute atomic E-state index is 9.33. The summed E-state index contributed by atoms with van der Waals surface area (Å²) in [7, 11) is 2.49. The van der Waals surface area contributed by atoms with Crippen LogP contribution in [0, 0.1) is 5.92 Å². The molecule has 1 saturated heterocycles. The lowest BCUT2D eigenvalue weighted by atomic mass is 9.80. The minimum absolute atomic E-state index is 0.0667. The molecule has 3 heterocycles. The number of nitrogens with one attached hydrogen (secondary N) is 1. The molecule has 0 amide bonds. The predicted octanol–water partition coefficient (Wildman–Crippen LogP) is 1.98. The molecule has 0 bridgehead atoms. The average Bonchev–Trinajstić information content (AvgIpc) is 2.93. The Kier molecular flexibility index (Phi) is 4.69. The van der Waals surface area contributed by atoms with Crippen molar-refractivity contribution in [3.8, 4) is 0 Å². The van der Waals surface area contributed by atoms with E-state index in [-0.39, 0.29) is 12.7 Å². The highest BCUT2D eigenvalue weighted by Crippen LogP contribution is 2.47. The highest BCUT2D eigenvalue weighted by atomic mass is 79.9.